The zero-order chi connectivity index (χ0) is 18.5. The largest absolute Gasteiger partial charge is 0.378 e. The monoisotopic (exact) mass is 374 g/mol. The molecule has 6 heteroatoms. The van der Waals surface area contributed by atoms with E-state index in [9.17, 15) is 0 Å². The van der Waals surface area contributed by atoms with Crippen molar-refractivity contribution >= 4 is 28.4 Å². The molecule has 0 radical (unpaired) electrons. The molecule has 0 N–H and O–H groups in total. The topological polar surface area (TPSA) is 61.5 Å². The zero-order valence-electron chi connectivity index (χ0n) is 14.7. The Balaban J connectivity index is 1.67. The van der Waals surface area contributed by atoms with Gasteiger partial charge in [0, 0.05) is 24.9 Å². The van der Waals surface area contributed by atoms with Crippen molar-refractivity contribution in [1.82, 2.24) is 4.98 Å². The lowest BCUT2D eigenvalue weighted by molar-refractivity contribution is 0.122. The molecule has 134 valence electrons. The minimum Gasteiger partial charge on any atom is -0.378 e. The van der Waals surface area contributed by atoms with Gasteiger partial charge in [-0.3, -0.25) is 4.99 Å². The van der Waals surface area contributed by atoms with Crippen LogP contribution in [0.5, 0.6) is 0 Å². The van der Waals surface area contributed by atoms with Gasteiger partial charge >= 0.3 is 0 Å². The second-order valence-corrected chi connectivity index (χ2v) is 7.10. The number of nitriles is 1. The minimum atomic E-state index is 0.631. The number of aromatic nitrogens is 1. The van der Waals surface area contributed by atoms with Crippen LogP contribution in [0.3, 0.4) is 0 Å². The zero-order valence-corrected chi connectivity index (χ0v) is 15.5. The Morgan fingerprint density at radius 3 is 2.52 bits per heavy atom. The van der Waals surface area contributed by atoms with E-state index in [4.69, 9.17) is 15.0 Å². The van der Waals surface area contributed by atoms with Gasteiger partial charge in [-0.2, -0.15) is 5.26 Å². The maximum absolute atomic E-state index is 8.92. The standard InChI is InChI=1S/C21H18N4OS/c22-14-16-6-8-18(9-7-16)23-15-19-20(17-4-2-1-3-5-17)24-21(27-19)25-10-12-26-13-11-25/h1-9,15H,10-13H2. The fourth-order valence-electron chi connectivity index (χ4n) is 2.86. The highest BCUT2D eigenvalue weighted by atomic mass is 32.1. The van der Waals surface area contributed by atoms with Crippen molar-refractivity contribution in [1.29, 1.82) is 5.26 Å². The van der Waals surface area contributed by atoms with E-state index in [0.717, 1.165) is 53.3 Å². The van der Waals surface area contributed by atoms with Gasteiger partial charge in [-0.25, -0.2) is 4.98 Å². The van der Waals surface area contributed by atoms with E-state index in [1.165, 1.54) is 0 Å². The van der Waals surface area contributed by atoms with Gasteiger partial charge in [0.05, 0.1) is 41.1 Å². The van der Waals surface area contributed by atoms with Gasteiger partial charge in [-0.15, -0.1) is 0 Å². The van der Waals surface area contributed by atoms with E-state index in [0.29, 0.717) is 5.56 Å². The average Bonchev–Trinajstić information content (AvgIpc) is 3.18. The average molecular weight is 374 g/mol. The summed E-state index contributed by atoms with van der Waals surface area (Å²) in [7, 11) is 0. The van der Waals surface area contributed by atoms with Crippen LogP contribution < -0.4 is 4.90 Å². The van der Waals surface area contributed by atoms with Crippen molar-refractivity contribution in [3.05, 3.63) is 65.0 Å². The van der Waals surface area contributed by atoms with Gasteiger partial charge in [0.25, 0.3) is 0 Å². The molecule has 27 heavy (non-hydrogen) atoms. The number of thiazole rings is 1. The summed E-state index contributed by atoms with van der Waals surface area (Å²) in [5.74, 6) is 0. The highest BCUT2D eigenvalue weighted by Gasteiger charge is 2.18. The molecule has 2 aromatic carbocycles. The Labute approximate surface area is 162 Å². The molecule has 0 aliphatic carbocycles. The molecule has 5 nitrogen and oxygen atoms in total. The van der Waals surface area contributed by atoms with E-state index in [2.05, 4.69) is 28.1 Å². The summed E-state index contributed by atoms with van der Waals surface area (Å²) in [6.07, 6.45) is 1.87. The van der Waals surface area contributed by atoms with Crippen LogP contribution >= 0.6 is 11.3 Å². The third-order valence-corrected chi connectivity index (χ3v) is 5.35. The number of anilines is 1. The Morgan fingerprint density at radius 2 is 1.81 bits per heavy atom. The lowest BCUT2D eigenvalue weighted by atomic mass is 10.1. The van der Waals surface area contributed by atoms with Crippen LogP contribution in [0.4, 0.5) is 10.8 Å². The Bertz CT molecular complexity index is 968. The van der Waals surface area contributed by atoms with Gasteiger partial charge in [0.15, 0.2) is 5.13 Å². The number of benzene rings is 2. The van der Waals surface area contributed by atoms with E-state index in [1.807, 2.05) is 36.5 Å². The molecule has 1 aromatic heterocycles. The van der Waals surface area contributed by atoms with Crippen LogP contribution in [-0.2, 0) is 4.74 Å². The highest BCUT2D eigenvalue weighted by molar-refractivity contribution is 7.17. The second kappa shape index (κ2) is 8.12. The van der Waals surface area contributed by atoms with Crippen molar-refractivity contribution in [2.45, 2.75) is 0 Å². The van der Waals surface area contributed by atoms with Crippen LogP contribution in [-0.4, -0.2) is 37.5 Å². The summed E-state index contributed by atoms with van der Waals surface area (Å²) in [6, 6.07) is 19.5. The summed E-state index contributed by atoms with van der Waals surface area (Å²) < 4.78 is 5.45. The number of aliphatic imine (C=N–C) groups is 1. The summed E-state index contributed by atoms with van der Waals surface area (Å²) in [6.45, 7) is 3.17. The molecular weight excluding hydrogens is 356 g/mol. The number of hydrogen-bond acceptors (Lipinski definition) is 6. The second-order valence-electron chi connectivity index (χ2n) is 6.09. The third kappa shape index (κ3) is 4.05. The minimum absolute atomic E-state index is 0.631. The molecular formula is C21H18N4OS. The van der Waals surface area contributed by atoms with Gasteiger partial charge in [0.1, 0.15) is 0 Å². The lowest BCUT2D eigenvalue weighted by Gasteiger charge is -2.26. The molecule has 0 spiro atoms. The predicted octanol–water partition coefficient (Wildman–Crippen LogP) is 4.27. The molecule has 4 rings (SSSR count). The number of morpholine rings is 1. The molecule has 0 saturated carbocycles. The quantitative estimate of drug-likeness (QED) is 0.640. The summed E-state index contributed by atoms with van der Waals surface area (Å²) in [5, 5.41) is 9.92. The summed E-state index contributed by atoms with van der Waals surface area (Å²) in [4.78, 5) is 12.8. The van der Waals surface area contributed by atoms with Gasteiger partial charge in [0.2, 0.25) is 0 Å². The molecule has 1 aliphatic heterocycles. The molecule has 0 unspecified atom stereocenters. The first kappa shape index (κ1) is 17.4. The molecule has 1 aliphatic rings. The first-order chi connectivity index (χ1) is 13.3. The number of hydrogen-bond donors (Lipinski definition) is 0. The number of ether oxygens (including phenoxy) is 1. The molecule has 0 atom stereocenters. The molecule has 0 bridgehead atoms. The number of rotatable bonds is 4. The van der Waals surface area contributed by atoms with E-state index < -0.39 is 0 Å². The van der Waals surface area contributed by atoms with Crippen molar-refractivity contribution in [2.24, 2.45) is 4.99 Å². The van der Waals surface area contributed by atoms with E-state index in [-0.39, 0.29) is 0 Å². The fraction of sp³-hybridized carbons (Fsp3) is 0.190. The molecule has 2 heterocycles. The van der Waals surface area contributed by atoms with E-state index in [1.54, 1.807) is 23.5 Å². The predicted molar refractivity (Wildman–Crippen MR) is 109 cm³/mol. The first-order valence-electron chi connectivity index (χ1n) is 8.77. The first-order valence-corrected chi connectivity index (χ1v) is 9.58. The van der Waals surface area contributed by atoms with Gasteiger partial charge in [-0.05, 0) is 24.3 Å². The van der Waals surface area contributed by atoms with Crippen molar-refractivity contribution in [3.8, 4) is 17.3 Å². The normalized spacial score (nSPS) is 14.4. The van der Waals surface area contributed by atoms with Crippen LogP contribution in [0, 0.1) is 11.3 Å². The third-order valence-electron chi connectivity index (χ3n) is 4.30. The summed E-state index contributed by atoms with van der Waals surface area (Å²) >= 11 is 1.65. The fourth-order valence-corrected chi connectivity index (χ4v) is 3.87. The van der Waals surface area contributed by atoms with Crippen LogP contribution in [0.2, 0.25) is 0 Å². The van der Waals surface area contributed by atoms with Crippen LogP contribution in [0.1, 0.15) is 10.4 Å². The highest BCUT2D eigenvalue weighted by Crippen LogP contribution is 2.32. The maximum atomic E-state index is 8.92. The Morgan fingerprint density at radius 1 is 1.07 bits per heavy atom. The van der Waals surface area contributed by atoms with E-state index >= 15 is 0 Å². The molecule has 1 saturated heterocycles. The van der Waals surface area contributed by atoms with Crippen molar-refractivity contribution in [2.75, 3.05) is 31.2 Å². The smallest absolute Gasteiger partial charge is 0.186 e. The lowest BCUT2D eigenvalue weighted by Crippen LogP contribution is -2.36. The van der Waals surface area contributed by atoms with Crippen molar-refractivity contribution in [3.63, 3.8) is 0 Å². The van der Waals surface area contributed by atoms with Gasteiger partial charge in [-0.1, -0.05) is 41.7 Å². The molecule has 3 aromatic rings. The maximum Gasteiger partial charge on any atom is 0.186 e. The summed E-state index contributed by atoms with van der Waals surface area (Å²) in [5.41, 5.74) is 3.47. The SMILES string of the molecule is N#Cc1ccc(N=Cc2sc(N3CCOCC3)nc2-c2ccccc2)cc1. The van der Waals surface area contributed by atoms with Crippen molar-refractivity contribution < 1.29 is 4.74 Å². The van der Waals surface area contributed by atoms with Crippen LogP contribution in [0.25, 0.3) is 11.3 Å². The number of nitrogens with zero attached hydrogens (tertiary/aromatic N) is 4. The Hall–Kier alpha value is -3.01. The van der Waals surface area contributed by atoms with Crippen LogP contribution in [0.15, 0.2) is 59.6 Å². The Kier molecular flexibility index (Phi) is 5.24. The molecule has 0 amide bonds. The van der Waals surface area contributed by atoms with Gasteiger partial charge < -0.3 is 9.64 Å². The molecule has 1 fully saturated rings.